The molecule has 0 saturated carbocycles. The molecule has 0 amide bonds. The largest absolute Gasteiger partial charge is 0.398 e. The van der Waals surface area contributed by atoms with Gasteiger partial charge in [-0.05, 0) is 24.3 Å². The molecule has 1 aromatic carbocycles. The second kappa shape index (κ2) is 3.85. The summed E-state index contributed by atoms with van der Waals surface area (Å²) in [4.78, 5) is 0. The van der Waals surface area contributed by atoms with Gasteiger partial charge >= 0.3 is 0 Å². The molecule has 0 aliphatic heterocycles. The average molecular weight is 289 g/mol. The van der Waals surface area contributed by atoms with Gasteiger partial charge in [0.2, 0.25) is 0 Å². The standard InChI is InChI=1S/C12H9BrN4/c13-9-3-1-2-8(6-9)12-16-15-11-5-4-10(14)7-17(11)12/h1-7H,14H2. The van der Waals surface area contributed by atoms with Crippen LogP contribution in [0.15, 0.2) is 47.1 Å². The van der Waals surface area contributed by atoms with Crippen molar-refractivity contribution in [2.45, 2.75) is 0 Å². The first-order chi connectivity index (χ1) is 8.24. The van der Waals surface area contributed by atoms with Crippen LogP contribution < -0.4 is 5.73 Å². The van der Waals surface area contributed by atoms with Crippen molar-refractivity contribution in [3.63, 3.8) is 0 Å². The number of anilines is 1. The van der Waals surface area contributed by atoms with Crippen LogP contribution in [0, 0.1) is 0 Å². The minimum atomic E-state index is 0.688. The minimum absolute atomic E-state index is 0.688. The highest BCUT2D eigenvalue weighted by Crippen LogP contribution is 2.22. The molecule has 0 saturated heterocycles. The molecule has 5 heteroatoms. The topological polar surface area (TPSA) is 56.2 Å². The highest BCUT2D eigenvalue weighted by atomic mass is 79.9. The fraction of sp³-hybridized carbons (Fsp3) is 0. The Labute approximate surface area is 106 Å². The van der Waals surface area contributed by atoms with Crippen LogP contribution in [-0.2, 0) is 0 Å². The van der Waals surface area contributed by atoms with Crippen LogP contribution in [0.1, 0.15) is 0 Å². The lowest BCUT2D eigenvalue weighted by Crippen LogP contribution is -1.92. The number of nitrogen functional groups attached to an aromatic ring is 1. The molecule has 0 fully saturated rings. The van der Waals surface area contributed by atoms with Crippen LogP contribution in [0.25, 0.3) is 17.0 Å². The highest BCUT2D eigenvalue weighted by molar-refractivity contribution is 9.10. The van der Waals surface area contributed by atoms with E-state index in [1.54, 1.807) is 0 Å². The molecule has 84 valence electrons. The molecule has 0 bridgehead atoms. The van der Waals surface area contributed by atoms with E-state index in [4.69, 9.17) is 5.73 Å². The van der Waals surface area contributed by atoms with Gasteiger partial charge < -0.3 is 5.73 Å². The molecule has 17 heavy (non-hydrogen) atoms. The van der Waals surface area contributed by atoms with E-state index in [0.717, 1.165) is 21.5 Å². The van der Waals surface area contributed by atoms with Gasteiger partial charge in [0.15, 0.2) is 11.5 Å². The van der Waals surface area contributed by atoms with E-state index in [9.17, 15) is 0 Å². The molecular weight excluding hydrogens is 280 g/mol. The molecule has 3 aromatic rings. The zero-order valence-corrected chi connectivity index (χ0v) is 10.4. The molecule has 0 aliphatic rings. The molecule has 0 spiro atoms. The lowest BCUT2D eigenvalue weighted by Gasteiger charge is -2.01. The molecular formula is C12H9BrN4. The van der Waals surface area contributed by atoms with E-state index in [0.29, 0.717) is 5.69 Å². The molecule has 0 radical (unpaired) electrons. The molecule has 2 heterocycles. The number of fused-ring (bicyclic) bond motifs is 1. The van der Waals surface area contributed by atoms with Gasteiger partial charge in [-0.25, -0.2) is 0 Å². The van der Waals surface area contributed by atoms with Crippen molar-refractivity contribution in [2.75, 3.05) is 5.73 Å². The van der Waals surface area contributed by atoms with Crippen LogP contribution in [0.4, 0.5) is 5.69 Å². The highest BCUT2D eigenvalue weighted by Gasteiger charge is 2.07. The first-order valence-corrected chi connectivity index (χ1v) is 5.89. The maximum absolute atomic E-state index is 5.77. The number of halogens is 1. The van der Waals surface area contributed by atoms with E-state index in [2.05, 4.69) is 26.1 Å². The summed E-state index contributed by atoms with van der Waals surface area (Å²) in [5.41, 5.74) is 8.25. The second-order valence-electron chi connectivity index (χ2n) is 3.72. The first kappa shape index (κ1) is 10.3. The van der Waals surface area contributed by atoms with Crippen molar-refractivity contribution in [3.05, 3.63) is 47.1 Å². The second-order valence-corrected chi connectivity index (χ2v) is 4.64. The maximum Gasteiger partial charge on any atom is 0.168 e. The van der Waals surface area contributed by atoms with E-state index < -0.39 is 0 Å². The third kappa shape index (κ3) is 1.78. The normalized spacial score (nSPS) is 10.9. The van der Waals surface area contributed by atoms with E-state index in [1.165, 1.54) is 0 Å². The Balaban J connectivity index is 2.27. The van der Waals surface area contributed by atoms with E-state index >= 15 is 0 Å². The number of hydrogen-bond acceptors (Lipinski definition) is 3. The third-order valence-corrected chi connectivity index (χ3v) is 3.00. The zero-order chi connectivity index (χ0) is 11.8. The minimum Gasteiger partial charge on any atom is -0.398 e. The van der Waals surface area contributed by atoms with Crippen molar-refractivity contribution in [3.8, 4) is 11.4 Å². The smallest absolute Gasteiger partial charge is 0.168 e. The Kier molecular flexibility index (Phi) is 2.33. The quantitative estimate of drug-likeness (QED) is 0.749. The molecule has 2 aromatic heterocycles. The van der Waals surface area contributed by atoms with Crippen molar-refractivity contribution in [1.82, 2.24) is 14.6 Å². The SMILES string of the molecule is Nc1ccc2nnc(-c3cccc(Br)c3)n2c1. The number of rotatable bonds is 1. The number of hydrogen-bond donors (Lipinski definition) is 1. The fourth-order valence-corrected chi connectivity index (χ4v) is 2.13. The number of aromatic nitrogens is 3. The molecule has 4 nitrogen and oxygen atoms in total. The zero-order valence-electron chi connectivity index (χ0n) is 8.84. The van der Waals surface area contributed by atoms with E-state index in [1.807, 2.05) is 47.0 Å². The van der Waals surface area contributed by atoms with Crippen molar-refractivity contribution in [2.24, 2.45) is 0 Å². The fourth-order valence-electron chi connectivity index (χ4n) is 1.73. The molecule has 0 atom stereocenters. The summed E-state index contributed by atoms with van der Waals surface area (Å²) in [6, 6.07) is 11.6. The number of benzene rings is 1. The molecule has 0 aliphatic carbocycles. The van der Waals surface area contributed by atoms with Crippen LogP contribution >= 0.6 is 15.9 Å². The van der Waals surface area contributed by atoms with Crippen molar-refractivity contribution < 1.29 is 0 Å². The lowest BCUT2D eigenvalue weighted by molar-refractivity contribution is 1.11. The van der Waals surface area contributed by atoms with Crippen LogP contribution in [-0.4, -0.2) is 14.6 Å². The van der Waals surface area contributed by atoms with Crippen molar-refractivity contribution in [1.29, 1.82) is 0 Å². The van der Waals surface area contributed by atoms with Gasteiger partial charge in [0.1, 0.15) is 0 Å². The predicted molar refractivity (Wildman–Crippen MR) is 70.5 cm³/mol. The number of nitrogens with zero attached hydrogens (tertiary/aromatic N) is 3. The average Bonchev–Trinajstić information content (AvgIpc) is 2.71. The summed E-state index contributed by atoms with van der Waals surface area (Å²) in [6.07, 6.45) is 1.82. The van der Waals surface area contributed by atoms with Crippen molar-refractivity contribution >= 4 is 27.3 Å². The van der Waals surface area contributed by atoms with E-state index in [-0.39, 0.29) is 0 Å². The Bertz CT molecular complexity index is 690. The Morgan fingerprint density at radius 2 is 2.00 bits per heavy atom. The Hall–Kier alpha value is -1.88. The monoisotopic (exact) mass is 288 g/mol. The maximum atomic E-state index is 5.77. The van der Waals surface area contributed by atoms with Gasteiger partial charge in [0, 0.05) is 21.9 Å². The summed E-state index contributed by atoms with van der Waals surface area (Å²) >= 11 is 3.44. The van der Waals surface area contributed by atoms with Gasteiger partial charge in [-0.1, -0.05) is 28.1 Å². The van der Waals surface area contributed by atoms with Gasteiger partial charge in [0.25, 0.3) is 0 Å². The lowest BCUT2D eigenvalue weighted by atomic mass is 10.2. The van der Waals surface area contributed by atoms with Crippen LogP contribution in [0.5, 0.6) is 0 Å². The van der Waals surface area contributed by atoms with Gasteiger partial charge in [-0.2, -0.15) is 0 Å². The molecule has 3 rings (SSSR count). The van der Waals surface area contributed by atoms with Gasteiger partial charge in [-0.15, -0.1) is 10.2 Å². The Morgan fingerprint density at radius 3 is 2.82 bits per heavy atom. The predicted octanol–water partition coefficient (Wildman–Crippen LogP) is 2.74. The third-order valence-electron chi connectivity index (χ3n) is 2.51. The summed E-state index contributed by atoms with van der Waals surface area (Å²) in [5, 5.41) is 8.29. The molecule has 0 unspecified atom stereocenters. The number of pyridine rings is 1. The Morgan fingerprint density at radius 1 is 1.12 bits per heavy atom. The summed E-state index contributed by atoms with van der Waals surface area (Å²) in [7, 11) is 0. The summed E-state index contributed by atoms with van der Waals surface area (Å²) < 4.78 is 2.90. The van der Waals surface area contributed by atoms with Gasteiger partial charge in [-0.3, -0.25) is 4.40 Å². The van der Waals surface area contributed by atoms with Gasteiger partial charge in [0.05, 0.1) is 0 Å². The van der Waals surface area contributed by atoms with Crippen LogP contribution in [0.2, 0.25) is 0 Å². The van der Waals surface area contributed by atoms with Crippen LogP contribution in [0.3, 0.4) is 0 Å². The molecule has 2 N–H and O–H groups in total. The summed E-state index contributed by atoms with van der Waals surface area (Å²) in [6.45, 7) is 0. The number of nitrogens with two attached hydrogens (primary N) is 1. The first-order valence-electron chi connectivity index (χ1n) is 5.10. The summed E-state index contributed by atoms with van der Waals surface area (Å²) in [5.74, 6) is 0.786.